The minimum Gasteiger partial charge on any atom is -0.453 e. The normalized spacial score (nSPS) is 17.9. The maximum Gasteiger partial charge on any atom is 0.407 e. The number of benzene rings is 3. The summed E-state index contributed by atoms with van der Waals surface area (Å²) in [4.78, 5) is 70.9. The smallest absolute Gasteiger partial charge is 0.407 e. The Morgan fingerprint density at radius 2 is 1.28 bits per heavy atom. The number of aromatic nitrogens is 4. The van der Waals surface area contributed by atoms with Gasteiger partial charge in [0.15, 0.2) is 0 Å². The van der Waals surface area contributed by atoms with Crippen molar-refractivity contribution in [1.82, 2.24) is 40.4 Å². The van der Waals surface area contributed by atoms with Crippen molar-refractivity contribution >= 4 is 34.6 Å². The molecule has 302 valence electrons. The number of carbonyl (C=O) groups is 4. The fourth-order valence-corrected chi connectivity index (χ4v) is 8.12. The Labute approximate surface area is 338 Å². The molecule has 0 radical (unpaired) electrons. The molecule has 0 bridgehead atoms. The summed E-state index contributed by atoms with van der Waals surface area (Å²) in [6.07, 6.45) is 5.23. The number of nitrogens with one attached hydrogen (secondary N) is 4. The van der Waals surface area contributed by atoms with E-state index in [0.717, 1.165) is 68.7 Å². The second-order valence-corrected chi connectivity index (χ2v) is 16.1. The maximum atomic E-state index is 13.6. The molecule has 4 amide bonds. The van der Waals surface area contributed by atoms with Crippen molar-refractivity contribution in [2.45, 2.75) is 78.0 Å². The molecule has 0 spiro atoms. The van der Waals surface area contributed by atoms with Gasteiger partial charge in [-0.2, -0.15) is 0 Å². The number of rotatable bonds is 11. The summed E-state index contributed by atoms with van der Waals surface area (Å²) in [7, 11) is 1.29. The zero-order valence-electron chi connectivity index (χ0n) is 34.0. The molecule has 0 saturated carbocycles. The van der Waals surface area contributed by atoms with Crippen LogP contribution < -0.4 is 10.6 Å². The van der Waals surface area contributed by atoms with Gasteiger partial charge in [-0.1, -0.05) is 88.4 Å². The maximum absolute atomic E-state index is 13.6. The third kappa shape index (κ3) is 8.25. The van der Waals surface area contributed by atoms with E-state index in [-0.39, 0.29) is 41.6 Å². The molecule has 2 saturated heterocycles. The van der Waals surface area contributed by atoms with E-state index in [0.29, 0.717) is 25.3 Å². The summed E-state index contributed by atoms with van der Waals surface area (Å²) in [6.45, 7) is 14.3. The predicted octanol–water partition coefficient (Wildman–Crippen LogP) is 7.32. The van der Waals surface area contributed by atoms with Gasteiger partial charge in [0.25, 0.3) is 0 Å². The lowest BCUT2D eigenvalue weighted by Gasteiger charge is -2.30. The third-order valence-electron chi connectivity index (χ3n) is 11.3. The highest BCUT2D eigenvalue weighted by Crippen LogP contribution is 2.36. The molecule has 58 heavy (non-hydrogen) atoms. The number of hydrogen-bond acceptors (Lipinski definition) is 7. The van der Waals surface area contributed by atoms with Crippen LogP contribution in [0.1, 0.15) is 77.6 Å². The lowest BCUT2D eigenvalue weighted by Crippen LogP contribution is -2.51. The number of aromatic amines is 2. The summed E-state index contributed by atoms with van der Waals surface area (Å²) >= 11 is 0. The Morgan fingerprint density at radius 1 is 0.741 bits per heavy atom. The van der Waals surface area contributed by atoms with Gasteiger partial charge < -0.3 is 35.1 Å². The molecule has 3 aromatic carbocycles. The summed E-state index contributed by atoms with van der Waals surface area (Å²) in [6, 6.07) is 19.3. The van der Waals surface area contributed by atoms with Crippen molar-refractivity contribution in [1.29, 1.82) is 0 Å². The van der Waals surface area contributed by atoms with Crippen LogP contribution >= 0.6 is 0 Å². The van der Waals surface area contributed by atoms with E-state index < -0.39 is 18.2 Å². The zero-order valence-corrected chi connectivity index (χ0v) is 34.0. The van der Waals surface area contributed by atoms with Crippen LogP contribution in [0.2, 0.25) is 0 Å². The van der Waals surface area contributed by atoms with Crippen molar-refractivity contribution in [3.8, 4) is 33.6 Å². The number of hydrogen-bond donors (Lipinski definition) is 4. The first-order chi connectivity index (χ1) is 27.8. The topological polar surface area (TPSA) is 165 Å². The van der Waals surface area contributed by atoms with Crippen LogP contribution in [0.15, 0.2) is 85.2 Å². The minimum atomic E-state index is -0.688. The molecule has 4 atom stereocenters. The van der Waals surface area contributed by atoms with Crippen LogP contribution in [0.5, 0.6) is 0 Å². The largest absolute Gasteiger partial charge is 0.453 e. The van der Waals surface area contributed by atoms with Crippen LogP contribution in [0.3, 0.4) is 0 Å². The van der Waals surface area contributed by atoms with Crippen LogP contribution in [-0.2, 0) is 19.1 Å². The highest BCUT2D eigenvalue weighted by atomic mass is 16.5. The second-order valence-electron chi connectivity index (χ2n) is 16.1. The molecular formula is C45H52N8O5. The molecule has 0 unspecified atom stereocenters. The van der Waals surface area contributed by atoms with Gasteiger partial charge in [0.1, 0.15) is 23.7 Å². The molecule has 2 fully saturated rings. The molecule has 4 N–H and O–H groups in total. The van der Waals surface area contributed by atoms with E-state index in [1.807, 2.05) is 38.8 Å². The van der Waals surface area contributed by atoms with E-state index in [1.165, 1.54) is 14.0 Å². The van der Waals surface area contributed by atoms with Gasteiger partial charge in [-0.05, 0) is 70.7 Å². The van der Waals surface area contributed by atoms with Gasteiger partial charge in [0.05, 0.1) is 43.0 Å². The van der Waals surface area contributed by atoms with E-state index in [1.54, 1.807) is 11.1 Å². The summed E-state index contributed by atoms with van der Waals surface area (Å²) in [5.74, 6) is 0.745. The second kappa shape index (κ2) is 16.7. The Kier molecular flexibility index (Phi) is 11.5. The molecule has 13 heteroatoms. The Bertz CT molecular complexity index is 2340. The number of alkyl carbamates (subject to hydrolysis) is 1. The molecule has 4 heterocycles. The van der Waals surface area contributed by atoms with Crippen molar-refractivity contribution < 1.29 is 23.9 Å². The summed E-state index contributed by atoms with van der Waals surface area (Å²) < 4.78 is 4.77. The molecule has 2 aliphatic rings. The standard InChI is InChI=1S/C45H52N8O5/c1-25(2)39(48-28(6)54)44(56)53-24-27(5)19-38(53)42-47-22-35(49-42)30-12-10-29(11-13-30)31-14-15-33-21-34(17-16-32(33)20-31)36-23-46-41(50-36)37-9-8-18-52(37)43(55)40(26(3)4)51-45(57)58-7/h10-17,20-23,25-26,37-40H,5,8-9,18-19,24H2,1-4,6-7H3,(H,46,50)(H,47,49)(H,48,54)(H,51,57)/t37-,38-,39-,40-/m0/s1. The van der Waals surface area contributed by atoms with Crippen LogP contribution in [0.4, 0.5) is 4.79 Å². The van der Waals surface area contributed by atoms with E-state index in [2.05, 4.69) is 92.8 Å². The van der Waals surface area contributed by atoms with Gasteiger partial charge >= 0.3 is 6.09 Å². The van der Waals surface area contributed by atoms with Crippen LogP contribution in [0, 0.1) is 11.8 Å². The molecule has 7 rings (SSSR count). The Morgan fingerprint density at radius 3 is 1.90 bits per heavy atom. The molecule has 2 aromatic heterocycles. The zero-order chi connectivity index (χ0) is 41.2. The van der Waals surface area contributed by atoms with E-state index in [9.17, 15) is 19.2 Å². The minimum absolute atomic E-state index is 0.0641. The first-order valence-corrected chi connectivity index (χ1v) is 19.9. The van der Waals surface area contributed by atoms with Crippen LogP contribution in [-0.4, -0.2) is 85.8 Å². The molecule has 5 aromatic rings. The Hall–Kier alpha value is -6.24. The molecule has 13 nitrogen and oxygen atoms in total. The van der Waals surface area contributed by atoms with E-state index in [4.69, 9.17) is 9.72 Å². The number of nitrogens with zero attached hydrogens (tertiary/aromatic N) is 4. The van der Waals surface area contributed by atoms with Crippen molar-refractivity contribution in [3.05, 3.63) is 96.9 Å². The van der Waals surface area contributed by atoms with Gasteiger partial charge in [-0.3, -0.25) is 14.4 Å². The number of ether oxygens (including phenoxy) is 1. The van der Waals surface area contributed by atoms with Gasteiger partial charge in [-0.25, -0.2) is 14.8 Å². The van der Waals surface area contributed by atoms with Gasteiger partial charge in [0.2, 0.25) is 17.7 Å². The number of imidazole rings is 2. The number of carbonyl (C=O) groups excluding carboxylic acids is 4. The SMILES string of the molecule is C=C1C[C@@H](c2ncc(-c3ccc(-c4ccc5cc(-c6cnc([C@@H]7CCCN7C(=O)[C@@H](NC(=O)OC)C(C)C)[nH]6)ccc5c4)cc3)[nH]2)N(C(=O)[C@@H](NC(C)=O)C(C)C)C1. The fourth-order valence-electron chi connectivity index (χ4n) is 8.12. The summed E-state index contributed by atoms with van der Waals surface area (Å²) in [5, 5.41) is 7.71. The molecular weight excluding hydrogens is 733 g/mol. The predicted molar refractivity (Wildman–Crippen MR) is 223 cm³/mol. The van der Waals surface area contributed by atoms with Crippen molar-refractivity contribution in [3.63, 3.8) is 0 Å². The number of likely N-dealkylation sites (tertiary alicyclic amines) is 2. The average molecular weight is 785 g/mol. The highest BCUT2D eigenvalue weighted by molar-refractivity contribution is 5.91. The van der Waals surface area contributed by atoms with Crippen molar-refractivity contribution in [2.75, 3.05) is 20.2 Å². The number of fused-ring (bicyclic) bond motifs is 1. The number of amides is 4. The average Bonchev–Trinajstić information content (AvgIpc) is 4.05. The quantitative estimate of drug-likeness (QED) is 0.102. The summed E-state index contributed by atoms with van der Waals surface area (Å²) in [5.41, 5.74) is 6.80. The first-order valence-electron chi connectivity index (χ1n) is 19.9. The lowest BCUT2D eigenvalue weighted by atomic mass is 9.98. The molecule has 0 aliphatic carbocycles. The van der Waals surface area contributed by atoms with E-state index >= 15 is 0 Å². The lowest BCUT2D eigenvalue weighted by molar-refractivity contribution is -0.138. The van der Waals surface area contributed by atoms with Gasteiger partial charge in [-0.15, -0.1) is 0 Å². The number of H-pyrrole nitrogens is 2. The van der Waals surface area contributed by atoms with Crippen LogP contribution in [0.25, 0.3) is 44.4 Å². The van der Waals surface area contributed by atoms with Crippen molar-refractivity contribution in [2.24, 2.45) is 11.8 Å². The highest BCUT2D eigenvalue weighted by Gasteiger charge is 2.39. The first kappa shape index (κ1) is 40.0. The number of methoxy groups -OCH3 is 1. The third-order valence-corrected chi connectivity index (χ3v) is 11.3. The fraction of sp³-hybridized carbons (Fsp3) is 0.378. The Balaban J connectivity index is 1.04. The monoisotopic (exact) mass is 784 g/mol. The van der Waals surface area contributed by atoms with Gasteiger partial charge in [0, 0.05) is 25.6 Å². The molecule has 2 aliphatic heterocycles.